The summed E-state index contributed by atoms with van der Waals surface area (Å²) >= 11 is 0. The molecule has 1 aliphatic rings. The number of phenols is 1. The maximum Gasteiger partial charge on any atom is 0.300 e. The first-order valence-corrected chi connectivity index (χ1v) is 10.3. The number of aliphatic hydroxyl groups excluding tert-OH is 1. The minimum absolute atomic E-state index is 0.0666. The second-order valence-corrected chi connectivity index (χ2v) is 7.81. The van der Waals surface area contributed by atoms with Crippen molar-refractivity contribution in [2.75, 3.05) is 4.90 Å². The summed E-state index contributed by atoms with van der Waals surface area (Å²) in [5, 5.41) is 23.1. The molecule has 1 atom stereocenters. The molecule has 5 rings (SSSR count). The summed E-state index contributed by atoms with van der Waals surface area (Å²) in [6.07, 6.45) is 0. The second kappa shape index (κ2) is 7.91. The van der Waals surface area contributed by atoms with Gasteiger partial charge in [0.15, 0.2) is 0 Å². The van der Waals surface area contributed by atoms with Gasteiger partial charge in [-0.25, -0.2) is 4.39 Å². The van der Waals surface area contributed by atoms with Gasteiger partial charge in [0.1, 0.15) is 17.3 Å². The van der Waals surface area contributed by atoms with Gasteiger partial charge in [-0.3, -0.25) is 14.5 Å². The number of halogens is 1. The fraction of sp³-hybridized carbons (Fsp3) is 0.0370. The van der Waals surface area contributed by atoms with Gasteiger partial charge in [0, 0.05) is 11.3 Å². The molecule has 0 aromatic heterocycles. The lowest BCUT2D eigenvalue weighted by atomic mass is 9.94. The number of aliphatic hydroxyl groups is 1. The zero-order valence-corrected chi connectivity index (χ0v) is 17.3. The van der Waals surface area contributed by atoms with Crippen molar-refractivity contribution in [3.05, 3.63) is 114 Å². The Balaban J connectivity index is 1.74. The van der Waals surface area contributed by atoms with E-state index < -0.39 is 23.5 Å². The molecule has 0 spiro atoms. The van der Waals surface area contributed by atoms with Crippen molar-refractivity contribution in [1.82, 2.24) is 0 Å². The van der Waals surface area contributed by atoms with Gasteiger partial charge >= 0.3 is 0 Å². The molecule has 1 aliphatic heterocycles. The average Bonchev–Trinajstić information content (AvgIpc) is 3.09. The minimum Gasteiger partial charge on any atom is -0.508 e. The molecule has 33 heavy (non-hydrogen) atoms. The smallest absolute Gasteiger partial charge is 0.300 e. The van der Waals surface area contributed by atoms with E-state index in [9.17, 15) is 24.2 Å². The third kappa shape index (κ3) is 3.51. The van der Waals surface area contributed by atoms with Gasteiger partial charge in [-0.2, -0.15) is 0 Å². The topological polar surface area (TPSA) is 77.8 Å². The Morgan fingerprint density at radius 1 is 0.818 bits per heavy atom. The maximum atomic E-state index is 14.0. The highest BCUT2D eigenvalue weighted by Crippen LogP contribution is 2.43. The standard InChI is InChI=1S/C27H18FNO4/c28-20-8-4-9-21(15-20)29-24(18-7-3-10-22(30)14-18)23(26(32)27(29)33)25(31)19-12-11-16-5-1-2-6-17(16)13-19/h1-15,24,30-31H/b25-23-. The number of Topliss-reactive ketones (excluding diaryl/α,β-unsaturated/α-hetero) is 1. The van der Waals surface area contributed by atoms with Crippen molar-refractivity contribution in [3.8, 4) is 5.75 Å². The van der Waals surface area contributed by atoms with Crippen LogP contribution in [0.5, 0.6) is 5.75 Å². The number of hydrogen-bond acceptors (Lipinski definition) is 4. The van der Waals surface area contributed by atoms with Crippen LogP contribution in [-0.2, 0) is 9.59 Å². The molecule has 1 fully saturated rings. The largest absolute Gasteiger partial charge is 0.508 e. The molecule has 0 radical (unpaired) electrons. The number of carbonyl (C=O) groups excluding carboxylic acids is 2. The lowest BCUT2D eigenvalue weighted by Crippen LogP contribution is -2.29. The SMILES string of the molecule is O=C1C(=O)N(c2cccc(F)c2)C(c2cccc(O)c2)/C1=C(/O)c1ccc2ccccc2c1. The summed E-state index contributed by atoms with van der Waals surface area (Å²) in [5.74, 6) is -2.76. The van der Waals surface area contributed by atoms with E-state index in [0.29, 0.717) is 11.1 Å². The van der Waals surface area contributed by atoms with E-state index in [1.807, 2.05) is 30.3 Å². The van der Waals surface area contributed by atoms with E-state index in [1.165, 1.54) is 30.3 Å². The van der Waals surface area contributed by atoms with Crippen LogP contribution in [0.2, 0.25) is 0 Å². The summed E-state index contributed by atoms with van der Waals surface area (Å²) < 4.78 is 14.0. The number of aromatic hydroxyl groups is 1. The van der Waals surface area contributed by atoms with Crippen LogP contribution < -0.4 is 4.90 Å². The van der Waals surface area contributed by atoms with Crippen molar-refractivity contribution in [3.63, 3.8) is 0 Å². The molecular weight excluding hydrogens is 421 g/mol. The number of amides is 1. The van der Waals surface area contributed by atoms with Gasteiger partial charge in [-0.15, -0.1) is 0 Å². The molecule has 1 amide bonds. The van der Waals surface area contributed by atoms with Crippen LogP contribution in [0.3, 0.4) is 0 Å². The van der Waals surface area contributed by atoms with E-state index in [-0.39, 0.29) is 22.8 Å². The minimum atomic E-state index is -1.05. The molecule has 1 heterocycles. The van der Waals surface area contributed by atoms with Crippen molar-refractivity contribution in [1.29, 1.82) is 0 Å². The van der Waals surface area contributed by atoms with Gasteiger partial charge in [0.2, 0.25) is 0 Å². The molecule has 0 aliphatic carbocycles. The predicted octanol–water partition coefficient (Wildman–Crippen LogP) is 5.31. The van der Waals surface area contributed by atoms with Crippen LogP contribution >= 0.6 is 0 Å². The van der Waals surface area contributed by atoms with Gasteiger partial charge in [0.05, 0.1) is 11.6 Å². The molecule has 1 unspecified atom stereocenters. The number of rotatable bonds is 3. The Labute approximate surface area is 188 Å². The molecule has 162 valence electrons. The van der Waals surface area contributed by atoms with E-state index in [0.717, 1.165) is 21.7 Å². The zero-order chi connectivity index (χ0) is 23.1. The second-order valence-electron chi connectivity index (χ2n) is 7.81. The van der Waals surface area contributed by atoms with Crippen LogP contribution in [-0.4, -0.2) is 21.9 Å². The number of anilines is 1. The van der Waals surface area contributed by atoms with Crippen molar-refractivity contribution < 1.29 is 24.2 Å². The van der Waals surface area contributed by atoms with Crippen molar-refractivity contribution in [2.24, 2.45) is 0 Å². The van der Waals surface area contributed by atoms with Gasteiger partial charge in [-0.05, 0) is 52.7 Å². The zero-order valence-electron chi connectivity index (χ0n) is 17.3. The highest BCUT2D eigenvalue weighted by molar-refractivity contribution is 6.51. The first-order chi connectivity index (χ1) is 15.9. The summed E-state index contributed by atoms with van der Waals surface area (Å²) in [7, 11) is 0. The molecule has 0 bridgehead atoms. The molecule has 1 saturated heterocycles. The van der Waals surface area contributed by atoms with Crippen LogP contribution in [0.4, 0.5) is 10.1 Å². The molecule has 4 aromatic carbocycles. The number of benzene rings is 4. The molecule has 0 saturated carbocycles. The Morgan fingerprint density at radius 3 is 2.33 bits per heavy atom. The van der Waals surface area contributed by atoms with Crippen LogP contribution in [0, 0.1) is 5.82 Å². The summed E-state index contributed by atoms with van der Waals surface area (Å²) in [6, 6.07) is 23.2. The van der Waals surface area contributed by atoms with Crippen LogP contribution in [0.15, 0.2) is 96.6 Å². The van der Waals surface area contributed by atoms with Gasteiger partial charge in [-0.1, -0.05) is 54.6 Å². The Hall–Kier alpha value is -4.45. The molecule has 2 N–H and O–H groups in total. The van der Waals surface area contributed by atoms with Crippen molar-refractivity contribution in [2.45, 2.75) is 6.04 Å². The first-order valence-electron chi connectivity index (χ1n) is 10.3. The fourth-order valence-corrected chi connectivity index (χ4v) is 4.23. The molecule has 6 heteroatoms. The van der Waals surface area contributed by atoms with Gasteiger partial charge < -0.3 is 10.2 Å². The van der Waals surface area contributed by atoms with Gasteiger partial charge in [0.25, 0.3) is 11.7 Å². The summed E-state index contributed by atoms with van der Waals surface area (Å²) in [5.41, 5.74) is 0.810. The number of fused-ring (bicyclic) bond motifs is 1. The summed E-state index contributed by atoms with van der Waals surface area (Å²) in [4.78, 5) is 27.4. The number of nitrogens with zero attached hydrogens (tertiary/aromatic N) is 1. The monoisotopic (exact) mass is 439 g/mol. The molecular formula is C27H18FNO4. The first kappa shape index (κ1) is 20.5. The lowest BCUT2D eigenvalue weighted by Gasteiger charge is -2.25. The van der Waals surface area contributed by atoms with E-state index in [2.05, 4.69) is 0 Å². The normalized spacial score (nSPS) is 17.6. The molecule has 4 aromatic rings. The highest BCUT2D eigenvalue weighted by Gasteiger charge is 2.47. The third-order valence-corrected chi connectivity index (χ3v) is 5.74. The third-order valence-electron chi connectivity index (χ3n) is 5.74. The van der Waals surface area contributed by atoms with E-state index >= 15 is 0 Å². The fourth-order valence-electron chi connectivity index (χ4n) is 4.23. The number of phenolic OH excluding ortho intramolecular Hbond substituents is 1. The maximum absolute atomic E-state index is 14.0. The summed E-state index contributed by atoms with van der Waals surface area (Å²) in [6.45, 7) is 0. The Bertz CT molecular complexity index is 1460. The van der Waals surface area contributed by atoms with E-state index in [1.54, 1.807) is 24.3 Å². The Morgan fingerprint density at radius 2 is 1.58 bits per heavy atom. The molecule has 5 nitrogen and oxygen atoms in total. The predicted molar refractivity (Wildman–Crippen MR) is 123 cm³/mol. The lowest BCUT2D eigenvalue weighted by molar-refractivity contribution is -0.132. The average molecular weight is 439 g/mol. The highest BCUT2D eigenvalue weighted by atomic mass is 19.1. The number of hydrogen-bond donors (Lipinski definition) is 2. The van der Waals surface area contributed by atoms with E-state index in [4.69, 9.17) is 0 Å². The quantitative estimate of drug-likeness (QED) is 0.258. The van der Waals surface area contributed by atoms with Crippen LogP contribution in [0.1, 0.15) is 17.2 Å². The Kier molecular flexibility index (Phi) is 4.90. The number of ketones is 1. The van der Waals surface area contributed by atoms with Crippen LogP contribution in [0.25, 0.3) is 16.5 Å². The number of carbonyl (C=O) groups is 2. The van der Waals surface area contributed by atoms with Crippen molar-refractivity contribution >= 4 is 33.9 Å².